The van der Waals surface area contributed by atoms with E-state index in [0.717, 1.165) is 5.56 Å². The summed E-state index contributed by atoms with van der Waals surface area (Å²) < 4.78 is 10.3. The van der Waals surface area contributed by atoms with Crippen LogP contribution in [0.2, 0.25) is 0 Å². The van der Waals surface area contributed by atoms with Crippen molar-refractivity contribution in [3.63, 3.8) is 0 Å². The molecular formula is C24H22O4. The molecule has 0 heterocycles. The lowest BCUT2D eigenvalue weighted by Crippen LogP contribution is -2.17. The predicted molar refractivity (Wildman–Crippen MR) is 108 cm³/mol. The van der Waals surface area contributed by atoms with Crippen molar-refractivity contribution in [2.75, 3.05) is 14.2 Å². The van der Waals surface area contributed by atoms with E-state index in [1.807, 2.05) is 30.3 Å². The summed E-state index contributed by atoms with van der Waals surface area (Å²) >= 11 is 0. The van der Waals surface area contributed by atoms with E-state index in [4.69, 9.17) is 9.47 Å². The Morgan fingerprint density at radius 1 is 0.714 bits per heavy atom. The fourth-order valence-corrected chi connectivity index (χ4v) is 3.08. The number of ether oxygens (including phenoxy) is 2. The molecule has 0 bridgehead atoms. The van der Waals surface area contributed by atoms with E-state index in [-0.39, 0.29) is 18.0 Å². The minimum Gasteiger partial charge on any atom is -0.497 e. The van der Waals surface area contributed by atoms with Gasteiger partial charge in [0.25, 0.3) is 0 Å². The first-order chi connectivity index (χ1) is 13.6. The molecule has 0 aliphatic heterocycles. The highest BCUT2D eigenvalue weighted by Gasteiger charge is 2.25. The highest BCUT2D eigenvalue weighted by Crippen LogP contribution is 2.27. The SMILES string of the molecule is COc1ccc(C(=O)CC(C(=O)c2ccc(OC)cc2)c2ccccc2)cc1. The topological polar surface area (TPSA) is 52.6 Å². The molecule has 0 saturated heterocycles. The average molecular weight is 374 g/mol. The van der Waals surface area contributed by atoms with Gasteiger partial charge in [-0.05, 0) is 54.1 Å². The second-order valence-electron chi connectivity index (χ2n) is 6.41. The van der Waals surface area contributed by atoms with Gasteiger partial charge in [0.1, 0.15) is 11.5 Å². The summed E-state index contributed by atoms with van der Waals surface area (Å²) in [5.41, 5.74) is 1.94. The number of benzene rings is 3. The van der Waals surface area contributed by atoms with Crippen LogP contribution in [0.3, 0.4) is 0 Å². The minimum atomic E-state index is -0.552. The van der Waals surface area contributed by atoms with Crippen molar-refractivity contribution < 1.29 is 19.1 Å². The molecule has 3 aromatic rings. The van der Waals surface area contributed by atoms with Crippen LogP contribution < -0.4 is 9.47 Å². The van der Waals surface area contributed by atoms with Crippen LogP contribution >= 0.6 is 0 Å². The number of rotatable bonds is 8. The molecule has 142 valence electrons. The number of Topliss-reactive ketones (excluding diaryl/α,β-unsaturated/α-hetero) is 2. The van der Waals surface area contributed by atoms with Crippen molar-refractivity contribution in [1.29, 1.82) is 0 Å². The van der Waals surface area contributed by atoms with Crippen molar-refractivity contribution in [3.8, 4) is 11.5 Å². The first-order valence-corrected chi connectivity index (χ1v) is 9.03. The molecule has 0 aliphatic carbocycles. The van der Waals surface area contributed by atoms with Crippen LogP contribution in [0, 0.1) is 0 Å². The number of ketones is 2. The summed E-state index contributed by atoms with van der Waals surface area (Å²) in [6.45, 7) is 0. The first kappa shape index (κ1) is 19.4. The zero-order valence-electron chi connectivity index (χ0n) is 15.9. The van der Waals surface area contributed by atoms with Gasteiger partial charge in [-0.15, -0.1) is 0 Å². The monoisotopic (exact) mass is 374 g/mol. The van der Waals surface area contributed by atoms with Crippen LogP contribution in [0.4, 0.5) is 0 Å². The summed E-state index contributed by atoms with van der Waals surface area (Å²) in [4.78, 5) is 26.1. The number of carbonyl (C=O) groups excluding carboxylic acids is 2. The average Bonchev–Trinajstić information content (AvgIpc) is 2.77. The van der Waals surface area contributed by atoms with E-state index in [9.17, 15) is 9.59 Å². The molecule has 0 N–H and O–H groups in total. The van der Waals surface area contributed by atoms with E-state index in [1.54, 1.807) is 62.8 Å². The Labute approximate surface area is 164 Å². The molecule has 28 heavy (non-hydrogen) atoms. The van der Waals surface area contributed by atoms with Crippen molar-refractivity contribution in [3.05, 3.63) is 95.6 Å². The molecule has 1 atom stereocenters. The van der Waals surface area contributed by atoms with Crippen LogP contribution in [0.15, 0.2) is 78.9 Å². The smallest absolute Gasteiger partial charge is 0.170 e. The lowest BCUT2D eigenvalue weighted by Gasteiger charge is -2.16. The maximum Gasteiger partial charge on any atom is 0.170 e. The van der Waals surface area contributed by atoms with Gasteiger partial charge in [0.15, 0.2) is 11.6 Å². The third kappa shape index (κ3) is 4.46. The molecule has 3 aromatic carbocycles. The Kier molecular flexibility index (Phi) is 6.22. The zero-order chi connectivity index (χ0) is 19.9. The molecule has 1 unspecified atom stereocenters. The summed E-state index contributed by atoms with van der Waals surface area (Å²) in [6.07, 6.45) is 0.0984. The molecule has 0 fully saturated rings. The summed E-state index contributed by atoms with van der Waals surface area (Å²) in [6, 6.07) is 23.3. The molecule has 0 saturated carbocycles. The van der Waals surface area contributed by atoms with E-state index in [1.165, 1.54) is 0 Å². The van der Waals surface area contributed by atoms with Gasteiger partial charge in [0.2, 0.25) is 0 Å². The summed E-state index contributed by atoms with van der Waals surface area (Å²) in [5.74, 6) is 0.644. The van der Waals surface area contributed by atoms with Gasteiger partial charge in [-0.25, -0.2) is 0 Å². The van der Waals surface area contributed by atoms with Crippen molar-refractivity contribution >= 4 is 11.6 Å². The van der Waals surface area contributed by atoms with E-state index in [0.29, 0.717) is 22.6 Å². The van der Waals surface area contributed by atoms with Crippen molar-refractivity contribution in [1.82, 2.24) is 0 Å². The molecule has 0 spiro atoms. The largest absolute Gasteiger partial charge is 0.497 e. The van der Waals surface area contributed by atoms with Crippen LogP contribution in [0.5, 0.6) is 11.5 Å². The first-order valence-electron chi connectivity index (χ1n) is 9.03. The fraction of sp³-hybridized carbons (Fsp3) is 0.167. The van der Waals surface area contributed by atoms with Crippen LogP contribution in [0.25, 0.3) is 0 Å². The quantitative estimate of drug-likeness (QED) is 0.524. The Balaban J connectivity index is 1.88. The predicted octanol–water partition coefficient (Wildman–Crippen LogP) is 4.94. The minimum absolute atomic E-state index is 0.0848. The molecule has 0 aliphatic rings. The number of hydrogen-bond acceptors (Lipinski definition) is 4. The van der Waals surface area contributed by atoms with Gasteiger partial charge in [0, 0.05) is 17.5 Å². The molecule has 3 rings (SSSR count). The van der Waals surface area contributed by atoms with Gasteiger partial charge in [-0.2, -0.15) is 0 Å². The lowest BCUT2D eigenvalue weighted by atomic mass is 9.85. The Morgan fingerprint density at radius 3 is 1.71 bits per heavy atom. The lowest BCUT2D eigenvalue weighted by molar-refractivity contribution is 0.0893. The standard InChI is InChI=1S/C24H22O4/c1-27-20-12-8-18(9-13-20)23(25)16-22(17-6-4-3-5-7-17)24(26)19-10-14-21(28-2)15-11-19/h3-15,22H,16H2,1-2H3. The normalized spacial score (nSPS) is 11.5. The van der Waals surface area contributed by atoms with Crippen LogP contribution in [0.1, 0.15) is 38.6 Å². The second kappa shape index (κ2) is 9.00. The summed E-state index contributed by atoms with van der Waals surface area (Å²) in [5, 5.41) is 0. The van der Waals surface area contributed by atoms with Gasteiger partial charge < -0.3 is 9.47 Å². The number of methoxy groups -OCH3 is 2. The number of hydrogen-bond donors (Lipinski definition) is 0. The molecular weight excluding hydrogens is 352 g/mol. The highest BCUT2D eigenvalue weighted by atomic mass is 16.5. The van der Waals surface area contributed by atoms with Gasteiger partial charge >= 0.3 is 0 Å². The van der Waals surface area contributed by atoms with Gasteiger partial charge in [0.05, 0.1) is 20.1 Å². The molecule has 4 heteroatoms. The zero-order valence-corrected chi connectivity index (χ0v) is 15.9. The van der Waals surface area contributed by atoms with Crippen LogP contribution in [-0.2, 0) is 0 Å². The van der Waals surface area contributed by atoms with Crippen molar-refractivity contribution in [2.45, 2.75) is 12.3 Å². The van der Waals surface area contributed by atoms with E-state index >= 15 is 0 Å². The molecule has 4 nitrogen and oxygen atoms in total. The Bertz CT molecular complexity index is 929. The second-order valence-corrected chi connectivity index (χ2v) is 6.41. The third-order valence-electron chi connectivity index (χ3n) is 4.69. The molecule has 0 amide bonds. The van der Waals surface area contributed by atoms with E-state index in [2.05, 4.69) is 0 Å². The van der Waals surface area contributed by atoms with Gasteiger partial charge in [-0.3, -0.25) is 9.59 Å². The van der Waals surface area contributed by atoms with Gasteiger partial charge in [-0.1, -0.05) is 30.3 Å². The highest BCUT2D eigenvalue weighted by molar-refractivity contribution is 6.06. The third-order valence-corrected chi connectivity index (χ3v) is 4.69. The van der Waals surface area contributed by atoms with E-state index < -0.39 is 5.92 Å². The number of carbonyl (C=O) groups is 2. The van der Waals surface area contributed by atoms with Crippen molar-refractivity contribution in [2.24, 2.45) is 0 Å². The summed E-state index contributed by atoms with van der Waals surface area (Å²) in [7, 11) is 3.16. The Hall–Kier alpha value is -3.40. The fourth-order valence-electron chi connectivity index (χ4n) is 3.08. The maximum absolute atomic E-state index is 13.2. The van der Waals surface area contributed by atoms with Crippen LogP contribution in [-0.4, -0.2) is 25.8 Å². The maximum atomic E-state index is 13.2. The Morgan fingerprint density at radius 2 is 1.21 bits per heavy atom. The molecule has 0 radical (unpaired) electrons. The molecule has 0 aromatic heterocycles.